The van der Waals surface area contributed by atoms with Crippen LogP contribution >= 0.6 is 0 Å². The molecule has 1 unspecified atom stereocenters. The lowest BCUT2D eigenvalue weighted by molar-refractivity contribution is 0.238. The van der Waals surface area contributed by atoms with Gasteiger partial charge in [-0.1, -0.05) is 6.07 Å². The SMILES string of the molecule is Cc1cc(C)c(C)c(S(=O)(=O)NCC(c2cccn2C)N2CCCC2)c1C. The van der Waals surface area contributed by atoms with Gasteiger partial charge in [-0.25, -0.2) is 13.1 Å². The Hall–Kier alpha value is -1.63. The van der Waals surface area contributed by atoms with E-state index in [-0.39, 0.29) is 6.04 Å². The first kappa shape index (κ1) is 20.1. The fraction of sp³-hybridized carbons (Fsp3) is 0.524. The third-order valence-corrected chi connectivity index (χ3v) is 7.64. The van der Waals surface area contributed by atoms with Crippen LogP contribution in [0.1, 0.15) is 46.8 Å². The minimum absolute atomic E-state index is 0.0498. The van der Waals surface area contributed by atoms with Crippen molar-refractivity contribution >= 4 is 10.0 Å². The van der Waals surface area contributed by atoms with Crippen molar-refractivity contribution in [2.45, 2.75) is 51.5 Å². The van der Waals surface area contributed by atoms with Crippen molar-refractivity contribution in [1.29, 1.82) is 0 Å². The number of benzene rings is 1. The predicted octanol–water partition coefficient (Wildman–Crippen LogP) is 3.37. The second kappa shape index (κ2) is 7.78. The highest BCUT2D eigenvalue weighted by molar-refractivity contribution is 7.89. The summed E-state index contributed by atoms with van der Waals surface area (Å²) in [6.07, 6.45) is 4.36. The Morgan fingerprint density at radius 3 is 2.19 bits per heavy atom. The van der Waals surface area contributed by atoms with E-state index in [0.29, 0.717) is 11.4 Å². The second-order valence-corrected chi connectivity index (χ2v) is 9.45. The second-order valence-electron chi connectivity index (χ2n) is 7.74. The molecule has 1 fully saturated rings. The highest BCUT2D eigenvalue weighted by atomic mass is 32.2. The van der Waals surface area contributed by atoms with E-state index in [9.17, 15) is 8.42 Å². The summed E-state index contributed by atoms with van der Waals surface area (Å²) in [6, 6.07) is 6.21. The molecule has 6 heteroatoms. The van der Waals surface area contributed by atoms with E-state index in [4.69, 9.17) is 0 Å². The van der Waals surface area contributed by atoms with Gasteiger partial charge in [0.1, 0.15) is 0 Å². The van der Waals surface area contributed by atoms with Gasteiger partial charge < -0.3 is 4.57 Å². The molecule has 1 aromatic heterocycles. The molecular formula is C21H31N3O2S. The molecule has 0 saturated carbocycles. The molecule has 1 aromatic carbocycles. The largest absolute Gasteiger partial charge is 0.353 e. The van der Waals surface area contributed by atoms with E-state index < -0.39 is 10.0 Å². The molecule has 1 aliphatic rings. The van der Waals surface area contributed by atoms with Crippen LogP contribution in [0, 0.1) is 27.7 Å². The molecule has 0 bridgehead atoms. The predicted molar refractivity (Wildman–Crippen MR) is 110 cm³/mol. The molecule has 0 spiro atoms. The summed E-state index contributed by atoms with van der Waals surface area (Å²) in [4.78, 5) is 2.83. The standard InChI is InChI=1S/C21H31N3O2S/c1-15-13-16(2)18(4)21(17(15)3)27(25,26)22-14-20(24-11-6-7-12-24)19-9-8-10-23(19)5/h8-10,13,20,22H,6-7,11-12,14H2,1-5H3. The van der Waals surface area contributed by atoms with Crippen LogP contribution < -0.4 is 4.72 Å². The zero-order valence-corrected chi connectivity index (χ0v) is 17.9. The lowest BCUT2D eigenvalue weighted by Gasteiger charge is -2.28. The quantitative estimate of drug-likeness (QED) is 0.824. The molecule has 0 aliphatic carbocycles. The maximum Gasteiger partial charge on any atom is 0.241 e. The normalized spacial score (nSPS) is 16.8. The molecule has 1 aliphatic heterocycles. The zero-order valence-electron chi connectivity index (χ0n) is 17.0. The van der Waals surface area contributed by atoms with Crippen molar-refractivity contribution in [2.24, 2.45) is 7.05 Å². The summed E-state index contributed by atoms with van der Waals surface area (Å²) in [7, 11) is -1.56. The van der Waals surface area contributed by atoms with Crippen molar-refractivity contribution in [3.63, 3.8) is 0 Å². The fourth-order valence-electron chi connectivity index (χ4n) is 4.14. The molecule has 3 rings (SSSR count). The number of rotatable bonds is 6. The zero-order chi connectivity index (χ0) is 19.8. The number of sulfonamides is 1. The van der Waals surface area contributed by atoms with E-state index in [2.05, 4.69) is 26.3 Å². The minimum Gasteiger partial charge on any atom is -0.353 e. The van der Waals surface area contributed by atoms with Crippen LogP contribution in [0.25, 0.3) is 0 Å². The van der Waals surface area contributed by atoms with Gasteiger partial charge in [0, 0.05) is 25.5 Å². The van der Waals surface area contributed by atoms with Gasteiger partial charge in [0.15, 0.2) is 0 Å². The molecule has 27 heavy (non-hydrogen) atoms. The Bertz CT molecular complexity index is 899. The van der Waals surface area contributed by atoms with Gasteiger partial charge in [0.25, 0.3) is 0 Å². The van der Waals surface area contributed by atoms with Crippen molar-refractivity contribution < 1.29 is 8.42 Å². The summed E-state index contributed by atoms with van der Waals surface area (Å²) in [5, 5.41) is 0. The van der Waals surface area contributed by atoms with E-state index >= 15 is 0 Å². The van der Waals surface area contributed by atoms with Crippen LogP contribution in [0.15, 0.2) is 29.3 Å². The first-order chi connectivity index (χ1) is 12.7. The number of hydrogen-bond acceptors (Lipinski definition) is 3. The van der Waals surface area contributed by atoms with Crippen molar-refractivity contribution in [3.8, 4) is 0 Å². The van der Waals surface area contributed by atoms with Gasteiger partial charge in [0.05, 0.1) is 10.9 Å². The Labute approximate surface area is 163 Å². The topological polar surface area (TPSA) is 54.3 Å². The number of nitrogens with one attached hydrogen (secondary N) is 1. The van der Waals surface area contributed by atoms with Crippen LogP contribution in [0.3, 0.4) is 0 Å². The third-order valence-electron chi connectivity index (χ3n) is 5.94. The Balaban J connectivity index is 1.90. The summed E-state index contributed by atoms with van der Waals surface area (Å²) in [5.74, 6) is 0. The number of aromatic nitrogens is 1. The lowest BCUT2D eigenvalue weighted by atomic mass is 10.0. The van der Waals surface area contributed by atoms with E-state index in [1.807, 2.05) is 47.0 Å². The van der Waals surface area contributed by atoms with E-state index in [1.54, 1.807) is 0 Å². The number of hydrogen-bond donors (Lipinski definition) is 1. The Morgan fingerprint density at radius 1 is 1.07 bits per heavy atom. The molecule has 0 radical (unpaired) electrons. The minimum atomic E-state index is -3.58. The van der Waals surface area contributed by atoms with E-state index in [1.165, 1.54) is 12.8 Å². The number of aryl methyl sites for hydroxylation is 3. The molecule has 2 aromatic rings. The van der Waals surface area contributed by atoms with Gasteiger partial charge in [-0.3, -0.25) is 4.90 Å². The molecule has 0 amide bonds. The van der Waals surface area contributed by atoms with Crippen LogP contribution in [-0.2, 0) is 17.1 Å². The van der Waals surface area contributed by atoms with Crippen LogP contribution in [-0.4, -0.2) is 37.5 Å². The van der Waals surface area contributed by atoms with Crippen LogP contribution in [0.4, 0.5) is 0 Å². The molecule has 1 N–H and O–H groups in total. The molecule has 2 heterocycles. The van der Waals surface area contributed by atoms with E-state index in [0.717, 1.165) is 41.0 Å². The molecule has 1 atom stereocenters. The smallest absolute Gasteiger partial charge is 0.241 e. The lowest BCUT2D eigenvalue weighted by Crippen LogP contribution is -2.38. The van der Waals surface area contributed by atoms with Gasteiger partial charge in [-0.05, 0) is 88.0 Å². The van der Waals surface area contributed by atoms with Crippen molar-refractivity contribution in [3.05, 3.63) is 52.3 Å². The van der Waals surface area contributed by atoms with Crippen LogP contribution in [0.2, 0.25) is 0 Å². The fourth-order valence-corrected chi connectivity index (χ4v) is 5.79. The highest BCUT2D eigenvalue weighted by Gasteiger charge is 2.28. The van der Waals surface area contributed by atoms with Gasteiger partial charge in [-0.2, -0.15) is 0 Å². The Morgan fingerprint density at radius 2 is 1.67 bits per heavy atom. The van der Waals surface area contributed by atoms with Gasteiger partial charge >= 0.3 is 0 Å². The molecule has 148 valence electrons. The number of nitrogens with zero attached hydrogens (tertiary/aromatic N) is 2. The summed E-state index contributed by atoms with van der Waals surface area (Å²) < 4.78 is 31.4. The first-order valence-electron chi connectivity index (χ1n) is 9.64. The molecule has 1 saturated heterocycles. The average Bonchev–Trinajstić information content (AvgIpc) is 3.26. The third kappa shape index (κ3) is 3.98. The van der Waals surface area contributed by atoms with Gasteiger partial charge in [0.2, 0.25) is 10.0 Å². The molecule has 5 nitrogen and oxygen atoms in total. The number of likely N-dealkylation sites (tertiary alicyclic amines) is 1. The maximum absolute atomic E-state index is 13.2. The van der Waals surface area contributed by atoms with Crippen molar-refractivity contribution in [2.75, 3.05) is 19.6 Å². The monoisotopic (exact) mass is 389 g/mol. The average molecular weight is 390 g/mol. The maximum atomic E-state index is 13.2. The highest BCUT2D eigenvalue weighted by Crippen LogP contribution is 2.28. The van der Waals surface area contributed by atoms with Crippen molar-refractivity contribution in [1.82, 2.24) is 14.2 Å². The summed E-state index contributed by atoms with van der Waals surface area (Å²) in [5.41, 5.74) is 4.84. The summed E-state index contributed by atoms with van der Waals surface area (Å²) >= 11 is 0. The van der Waals surface area contributed by atoms with Crippen LogP contribution in [0.5, 0.6) is 0 Å². The molecular weight excluding hydrogens is 358 g/mol. The Kier molecular flexibility index (Phi) is 5.79. The van der Waals surface area contributed by atoms with Gasteiger partial charge in [-0.15, -0.1) is 0 Å². The first-order valence-corrected chi connectivity index (χ1v) is 11.1. The summed E-state index contributed by atoms with van der Waals surface area (Å²) in [6.45, 7) is 10.1.